The number of hydrogen-bond donors (Lipinski definition) is 0. The molecule has 0 heterocycles. The predicted molar refractivity (Wildman–Crippen MR) is 64.0 cm³/mol. The number of methoxy groups -OCH3 is 3. The van der Waals surface area contributed by atoms with E-state index in [-0.39, 0.29) is 11.5 Å². The smallest absolute Gasteiger partial charge is 0.112 e. The van der Waals surface area contributed by atoms with E-state index in [1.54, 1.807) is 21.3 Å². The van der Waals surface area contributed by atoms with Crippen molar-refractivity contribution >= 4 is 0 Å². The van der Waals surface area contributed by atoms with Crippen LogP contribution < -0.4 is 0 Å². The minimum Gasteiger partial charge on any atom is -0.384 e. The Labute approximate surface area is 98.8 Å². The van der Waals surface area contributed by atoms with Crippen molar-refractivity contribution in [1.82, 2.24) is 0 Å². The normalized spacial score (nSPS) is 31.2. The zero-order valence-corrected chi connectivity index (χ0v) is 10.9. The molecule has 3 nitrogen and oxygen atoms in total. The molecule has 93 valence electrons. The molecule has 0 aliphatic heterocycles. The molecule has 0 saturated heterocycles. The number of ether oxygens (including phenoxy) is 3. The number of hydrogen-bond acceptors (Lipinski definition) is 3. The summed E-state index contributed by atoms with van der Waals surface area (Å²) < 4.78 is 16.5. The van der Waals surface area contributed by atoms with Crippen molar-refractivity contribution in [2.45, 2.75) is 26.4 Å². The van der Waals surface area contributed by atoms with Gasteiger partial charge in [0.25, 0.3) is 0 Å². The van der Waals surface area contributed by atoms with Crippen LogP contribution in [0, 0.1) is 17.4 Å². The summed E-state index contributed by atoms with van der Waals surface area (Å²) in [6, 6.07) is 0. The van der Waals surface area contributed by atoms with Crippen LogP contribution in [0.25, 0.3) is 0 Å². The topological polar surface area (TPSA) is 27.7 Å². The first-order valence-electron chi connectivity index (χ1n) is 5.72. The molecule has 3 heteroatoms. The largest absolute Gasteiger partial charge is 0.384 e. The van der Waals surface area contributed by atoms with Crippen molar-refractivity contribution in [1.29, 1.82) is 0 Å². The lowest BCUT2D eigenvalue weighted by molar-refractivity contribution is -0.0962. The molecule has 1 aliphatic carbocycles. The highest BCUT2D eigenvalue weighted by Gasteiger charge is 2.50. The monoisotopic (exact) mass is 227 g/mol. The van der Waals surface area contributed by atoms with E-state index in [0.29, 0.717) is 12.5 Å². The van der Waals surface area contributed by atoms with Gasteiger partial charge in [0.05, 0.1) is 18.1 Å². The zero-order valence-electron chi connectivity index (χ0n) is 10.9. The Balaban J connectivity index is 3.08. The highest BCUT2D eigenvalue weighted by Crippen LogP contribution is 2.47. The van der Waals surface area contributed by atoms with Crippen molar-refractivity contribution in [2.24, 2.45) is 11.3 Å². The first-order valence-corrected chi connectivity index (χ1v) is 5.72. The summed E-state index contributed by atoms with van der Waals surface area (Å²) in [6.45, 7) is 4.99. The van der Waals surface area contributed by atoms with Crippen LogP contribution in [-0.2, 0) is 14.2 Å². The van der Waals surface area contributed by atoms with Gasteiger partial charge in [0.15, 0.2) is 0 Å². The Morgan fingerprint density at radius 1 is 1.38 bits per heavy atom. The van der Waals surface area contributed by atoms with Gasteiger partial charge >= 0.3 is 0 Å². The Kier molecular flexibility index (Phi) is 4.96. The third-order valence-corrected chi connectivity index (χ3v) is 3.55. The maximum atomic E-state index is 5.59. The molecule has 1 radical (unpaired) electrons. The van der Waals surface area contributed by atoms with Crippen LogP contribution in [-0.4, -0.2) is 34.0 Å². The van der Waals surface area contributed by atoms with E-state index in [2.05, 4.69) is 26.0 Å². The van der Waals surface area contributed by atoms with Crippen molar-refractivity contribution in [3.05, 3.63) is 18.3 Å². The molecule has 0 spiro atoms. The van der Waals surface area contributed by atoms with E-state index in [9.17, 15) is 0 Å². The molecule has 1 rings (SSSR count). The third kappa shape index (κ3) is 2.17. The average Bonchev–Trinajstić information content (AvgIpc) is 2.29. The van der Waals surface area contributed by atoms with Crippen LogP contribution in [0.5, 0.6) is 0 Å². The second kappa shape index (κ2) is 5.80. The Hall–Kier alpha value is -0.380. The summed E-state index contributed by atoms with van der Waals surface area (Å²) in [6.07, 6.45) is 6.14. The van der Waals surface area contributed by atoms with Crippen molar-refractivity contribution in [3.8, 4) is 0 Å². The van der Waals surface area contributed by atoms with E-state index in [1.165, 1.54) is 0 Å². The lowest BCUT2D eigenvalue weighted by atomic mass is 9.65. The average molecular weight is 227 g/mol. The summed E-state index contributed by atoms with van der Waals surface area (Å²) in [5.41, 5.74) is -0.174. The molecule has 0 aromatic rings. The van der Waals surface area contributed by atoms with E-state index in [1.807, 2.05) is 0 Å². The van der Waals surface area contributed by atoms with Crippen LogP contribution >= 0.6 is 0 Å². The van der Waals surface area contributed by atoms with Gasteiger partial charge in [0.2, 0.25) is 0 Å². The molecule has 0 N–H and O–H groups in total. The molecule has 16 heavy (non-hydrogen) atoms. The minimum atomic E-state index is -0.174. The van der Waals surface area contributed by atoms with Gasteiger partial charge in [-0.05, 0) is 12.3 Å². The molecular weight excluding hydrogens is 204 g/mol. The molecule has 0 bridgehead atoms. The van der Waals surface area contributed by atoms with E-state index >= 15 is 0 Å². The van der Waals surface area contributed by atoms with Crippen molar-refractivity contribution in [3.63, 3.8) is 0 Å². The van der Waals surface area contributed by atoms with Crippen molar-refractivity contribution in [2.75, 3.05) is 27.9 Å². The molecule has 0 amide bonds. The first kappa shape index (κ1) is 13.7. The summed E-state index contributed by atoms with van der Waals surface area (Å²) in [5, 5.41) is 0. The summed E-state index contributed by atoms with van der Waals surface area (Å²) in [5.74, 6) is 0.400. The second-order valence-electron chi connectivity index (χ2n) is 4.54. The molecule has 0 fully saturated rings. The van der Waals surface area contributed by atoms with Gasteiger partial charge in [-0.2, -0.15) is 0 Å². The van der Waals surface area contributed by atoms with Gasteiger partial charge in [0.1, 0.15) is 6.10 Å². The van der Waals surface area contributed by atoms with E-state index in [0.717, 1.165) is 12.5 Å². The van der Waals surface area contributed by atoms with E-state index in [4.69, 9.17) is 14.2 Å². The molecule has 2 unspecified atom stereocenters. The van der Waals surface area contributed by atoms with Gasteiger partial charge in [-0.25, -0.2) is 0 Å². The first-order chi connectivity index (χ1) is 7.63. The predicted octanol–water partition coefficient (Wildman–Crippen LogP) is 2.43. The summed E-state index contributed by atoms with van der Waals surface area (Å²) >= 11 is 0. The fourth-order valence-electron chi connectivity index (χ4n) is 2.60. The Morgan fingerprint density at radius 3 is 2.50 bits per heavy atom. The van der Waals surface area contributed by atoms with Gasteiger partial charge in [0, 0.05) is 21.3 Å². The minimum absolute atomic E-state index is 0.0242. The quantitative estimate of drug-likeness (QED) is 0.675. The third-order valence-electron chi connectivity index (χ3n) is 3.55. The molecule has 2 atom stereocenters. The SMILES string of the molecule is COCC1(C(C)C)[C](OC)CC=CC1OC. The lowest BCUT2D eigenvalue weighted by Crippen LogP contribution is -2.50. The Morgan fingerprint density at radius 2 is 2.06 bits per heavy atom. The summed E-state index contributed by atoms with van der Waals surface area (Å²) in [4.78, 5) is 0. The van der Waals surface area contributed by atoms with Crippen LogP contribution in [0.3, 0.4) is 0 Å². The van der Waals surface area contributed by atoms with Crippen LogP contribution in [0.4, 0.5) is 0 Å². The van der Waals surface area contributed by atoms with Gasteiger partial charge in [-0.1, -0.05) is 26.0 Å². The van der Waals surface area contributed by atoms with Crippen LogP contribution in [0.2, 0.25) is 0 Å². The summed E-state index contributed by atoms with van der Waals surface area (Å²) in [7, 11) is 5.19. The second-order valence-corrected chi connectivity index (χ2v) is 4.54. The highest BCUT2D eigenvalue weighted by molar-refractivity contribution is 5.19. The fourth-order valence-corrected chi connectivity index (χ4v) is 2.60. The maximum Gasteiger partial charge on any atom is 0.112 e. The maximum absolute atomic E-state index is 5.59. The van der Waals surface area contributed by atoms with Gasteiger partial charge < -0.3 is 14.2 Å². The molecule has 0 aromatic heterocycles. The molecule has 1 aliphatic rings. The highest BCUT2D eigenvalue weighted by atomic mass is 16.5. The van der Waals surface area contributed by atoms with Crippen LogP contribution in [0.15, 0.2) is 12.2 Å². The fraction of sp³-hybridized carbons (Fsp3) is 0.769. The molecule has 0 aromatic carbocycles. The molecule has 0 saturated carbocycles. The number of rotatable bonds is 5. The Bertz CT molecular complexity index is 237. The lowest BCUT2D eigenvalue weighted by Gasteiger charge is -2.47. The van der Waals surface area contributed by atoms with Crippen molar-refractivity contribution < 1.29 is 14.2 Å². The zero-order chi connectivity index (χ0) is 12.2. The van der Waals surface area contributed by atoms with Gasteiger partial charge in [-0.3, -0.25) is 0 Å². The standard InChI is InChI=1S/C13H23O3/c1-10(2)13(9-14-3)11(15-4)7-6-8-12(13)16-5/h6-7,10-11H,8-9H2,1-5H3. The molecular formula is C13H23O3. The van der Waals surface area contributed by atoms with Gasteiger partial charge in [-0.15, -0.1) is 0 Å². The van der Waals surface area contributed by atoms with E-state index < -0.39 is 0 Å². The van der Waals surface area contributed by atoms with Crippen LogP contribution in [0.1, 0.15) is 20.3 Å².